The van der Waals surface area contributed by atoms with Crippen LogP contribution in [0.4, 0.5) is 14.5 Å². The summed E-state index contributed by atoms with van der Waals surface area (Å²) in [7, 11) is 0. The summed E-state index contributed by atoms with van der Waals surface area (Å²) in [4.78, 5) is 0. The van der Waals surface area contributed by atoms with Gasteiger partial charge in [0, 0.05) is 23.9 Å². The van der Waals surface area contributed by atoms with Gasteiger partial charge in [0.1, 0.15) is 11.6 Å². The van der Waals surface area contributed by atoms with Crippen molar-refractivity contribution in [2.45, 2.75) is 12.8 Å². The first-order valence-electron chi connectivity index (χ1n) is 6.06. The van der Waals surface area contributed by atoms with Gasteiger partial charge in [0.15, 0.2) is 0 Å². The van der Waals surface area contributed by atoms with E-state index in [0.717, 1.165) is 36.7 Å². The third-order valence-electron chi connectivity index (χ3n) is 3.29. The summed E-state index contributed by atoms with van der Waals surface area (Å²) in [6, 6.07) is 9.52. The van der Waals surface area contributed by atoms with Gasteiger partial charge < -0.3 is 5.32 Å². The second-order valence-electron chi connectivity index (χ2n) is 4.53. The van der Waals surface area contributed by atoms with Crippen molar-refractivity contribution >= 4 is 5.69 Å². The van der Waals surface area contributed by atoms with Crippen molar-refractivity contribution in [3.05, 3.63) is 53.6 Å². The van der Waals surface area contributed by atoms with Crippen molar-refractivity contribution in [3.8, 4) is 11.1 Å². The van der Waals surface area contributed by atoms with Crippen molar-refractivity contribution < 1.29 is 8.78 Å². The molecule has 1 heterocycles. The number of benzene rings is 2. The van der Waals surface area contributed by atoms with Crippen molar-refractivity contribution in [1.82, 2.24) is 0 Å². The molecule has 92 valence electrons. The maximum absolute atomic E-state index is 13.7. The van der Waals surface area contributed by atoms with Crippen LogP contribution in [0.5, 0.6) is 0 Å². The highest BCUT2D eigenvalue weighted by atomic mass is 19.1. The molecule has 0 radical (unpaired) electrons. The number of nitrogens with one attached hydrogen (secondary N) is 1. The minimum absolute atomic E-state index is 0.449. The lowest BCUT2D eigenvalue weighted by Crippen LogP contribution is -2.11. The Labute approximate surface area is 104 Å². The molecule has 0 unspecified atom stereocenters. The van der Waals surface area contributed by atoms with Crippen molar-refractivity contribution in [2.75, 3.05) is 11.9 Å². The van der Waals surface area contributed by atoms with E-state index in [1.807, 2.05) is 18.2 Å². The van der Waals surface area contributed by atoms with Gasteiger partial charge in [0.05, 0.1) is 0 Å². The molecule has 0 saturated heterocycles. The van der Waals surface area contributed by atoms with E-state index in [2.05, 4.69) is 5.32 Å². The van der Waals surface area contributed by atoms with Gasteiger partial charge in [0.25, 0.3) is 0 Å². The molecule has 1 aliphatic heterocycles. The predicted octanol–water partition coefficient (Wildman–Crippen LogP) is 3.99. The monoisotopic (exact) mass is 245 g/mol. The van der Waals surface area contributed by atoms with E-state index in [9.17, 15) is 8.78 Å². The quantitative estimate of drug-likeness (QED) is 0.801. The van der Waals surface area contributed by atoms with Crippen LogP contribution in [0.2, 0.25) is 0 Å². The topological polar surface area (TPSA) is 12.0 Å². The van der Waals surface area contributed by atoms with E-state index in [0.29, 0.717) is 5.56 Å². The molecule has 0 bridgehead atoms. The molecule has 0 fully saturated rings. The number of rotatable bonds is 1. The Bertz CT molecular complexity index is 593. The molecule has 1 N–H and O–H groups in total. The fourth-order valence-corrected chi connectivity index (χ4v) is 2.37. The molecule has 18 heavy (non-hydrogen) atoms. The van der Waals surface area contributed by atoms with E-state index in [4.69, 9.17) is 0 Å². The minimum Gasteiger partial charge on any atom is -0.385 e. The molecule has 1 aliphatic rings. The number of anilines is 1. The van der Waals surface area contributed by atoms with Crippen LogP contribution in [0.1, 0.15) is 12.0 Å². The Kier molecular flexibility index (Phi) is 2.74. The van der Waals surface area contributed by atoms with Crippen LogP contribution in [0.3, 0.4) is 0 Å². The molecule has 0 aromatic heterocycles. The summed E-state index contributed by atoms with van der Waals surface area (Å²) in [5.74, 6) is -1.06. The van der Waals surface area contributed by atoms with Crippen LogP contribution in [0.15, 0.2) is 36.4 Å². The molecule has 3 rings (SSSR count). The maximum atomic E-state index is 13.7. The van der Waals surface area contributed by atoms with Gasteiger partial charge in [-0.15, -0.1) is 0 Å². The molecule has 0 atom stereocenters. The number of hydrogen-bond donors (Lipinski definition) is 1. The Hall–Kier alpha value is -1.90. The van der Waals surface area contributed by atoms with Gasteiger partial charge in [-0.25, -0.2) is 8.78 Å². The zero-order valence-corrected chi connectivity index (χ0v) is 9.84. The molecule has 2 aromatic carbocycles. The molecule has 3 heteroatoms. The van der Waals surface area contributed by atoms with Crippen molar-refractivity contribution in [1.29, 1.82) is 0 Å². The Morgan fingerprint density at radius 1 is 1.00 bits per heavy atom. The number of aryl methyl sites for hydroxylation is 1. The third-order valence-corrected chi connectivity index (χ3v) is 3.29. The summed E-state index contributed by atoms with van der Waals surface area (Å²) in [6.07, 6.45) is 2.08. The van der Waals surface area contributed by atoms with E-state index in [-0.39, 0.29) is 0 Å². The highest BCUT2D eigenvalue weighted by molar-refractivity contribution is 5.69. The van der Waals surface area contributed by atoms with Gasteiger partial charge in [-0.05, 0) is 48.2 Å². The molecule has 0 amide bonds. The molecule has 0 spiro atoms. The lowest BCUT2D eigenvalue weighted by atomic mass is 9.97. The summed E-state index contributed by atoms with van der Waals surface area (Å²) < 4.78 is 26.6. The number of halogens is 2. The fourth-order valence-electron chi connectivity index (χ4n) is 2.37. The third kappa shape index (κ3) is 1.96. The second-order valence-corrected chi connectivity index (χ2v) is 4.53. The van der Waals surface area contributed by atoms with Crippen LogP contribution in [0.25, 0.3) is 11.1 Å². The SMILES string of the molecule is Fc1ccc(-c2ccc3c(c2)CCCN3)c(F)c1. The maximum Gasteiger partial charge on any atom is 0.133 e. The summed E-state index contributed by atoms with van der Waals surface area (Å²) in [5, 5.41) is 3.31. The summed E-state index contributed by atoms with van der Waals surface area (Å²) in [5.41, 5.74) is 3.56. The van der Waals surface area contributed by atoms with Crippen LogP contribution >= 0.6 is 0 Å². The number of fused-ring (bicyclic) bond motifs is 1. The largest absolute Gasteiger partial charge is 0.385 e. The highest BCUT2D eigenvalue weighted by Gasteiger charge is 2.11. The van der Waals surface area contributed by atoms with E-state index in [1.165, 1.54) is 17.7 Å². The first kappa shape index (κ1) is 11.2. The van der Waals surface area contributed by atoms with Gasteiger partial charge in [-0.3, -0.25) is 0 Å². The zero-order chi connectivity index (χ0) is 12.5. The first-order chi connectivity index (χ1) is 8.74. The average Bonchev–Trinajstić information content (AvgIpc) is 2.38. The van der Waals surface area contributed by atoms with Crippen molar-refractivity contribution in [3.63, 3.8) is 0 Å². The zero-order valence-electron chi connectivity index (χ0n) is 9.84. The van der Waals surface area contributed by atoms with Gasteiger partial charge in [0.2, 0.25) is 0 Å². The predicted molar refractivity (Wildman–Crippen MR) is 68.6 cm³/mol. The van der Waals surface area contributed by atoms with Crippen molar-refractivity contribution in [2.24, 2.45) is 0 Å². The Morgan fingerprint density at radius 2 is 1.89 bits per heavy atom. The minimum atomic E-state index is -0.545. The molecular weight excluding hydrogens is 232 g/mol. The lowest BCUT2D eigenvalue weighted by Gasteiger charge is -2.18. The first-order valence-corrected chi connectivity index (χ1v) is 6.06. The van der Waals surface area contributed by atoms with E-state index >= 15 is 0 Å². The van der Waals surface area contributed by atoms with E-state index < -0.39 is 11.6 Å². The molecular formula is C15H13F2N. The van der Waals surface area contributed by atoms with Crippen LogP contribution in [-0.2, 0) is 6.42 Å². The summed E-state index contributed by atoms with van der Waals surface area (Å²) >= 11 is 0. The fraction of sp³-hybridized carbons (Fsp3) is 0.200. The molecule has 0 saturated carbocycles. The molecule has 2 aromatic rings. The van der Waals surface area contributed by atoms with Crippen LogP contribution in [0, 0.1) is 11.6 Å². The lowest BCUT2D eigenvalue weighted by molar-refractivity contribution is 0.585. The second kappa shape index (κ2) is 4.41. The van der Waals surface area contributed by atoms with Crippen LogP contribution in [-0.4, -0.2) is 6.54 Å². The normalized spacial score (nSPS) is 13.9. The smallest absolute Gasteiger partial charge is 0.133 e. The van der Waals surface area contributed by atoms with E-state index in [1.54, 1.807) is 0 Å². The highest BCUT2D eigenvalue weighted by Crippen LogP contribution is 2.29. The molecule has 0 aliphatic carbocycles. The Balaban J connectivity index is 2.06. The van der Waals surface area contributed by atoms with Gasteiger partial charge in [-0.1, -0.05) is 6.07 Å². The van der Waals surface area contributed by atoms with Crippen LogP contribution < -0.4 is 5.32 Å². The summed E-state index contributed by atoms with van der Waals surface area (Å²) in [6.45, 7) is 0.983. The molecule has 1 nitrogen and oxygen atoms in total. The van der Waals surface area contributed by atoms with Gasteiger partial charge in [-0.2, -0.15) is 0 Å². The van der Waals surface area contributed by atoms with Gasteiger partial charge >= 0.3 is 0 Å². The Morgan fingerprint density at radius 3 is 2.72 bits per heavy atom. The standard InChI is InChI=1S/C15H13F2N/c16-12-4-5-13(14(17)9-12)10-3-6-15-11(8-10)2-1-7-18-15/h3-6,8-9,18H,1-2,7H2. The average molecular weight is 245 g/mol. The number of hydrogen-bond acceptors (Lipinski definition) is 1.